The maximum Gasteiger partial charge on any atom is 0.472 e. The summed E-state index contributed by atoms with van der Waals surface area (Å²) in [6, 6.07) is 1.05. The SMILES string of the molecule is Cc1cn(C)nc1C(Nc1c(Nc2ccnc(C(=O)N(C)C)c2OCOP(=O)(O)O)c(=O)c1=O)C1(C)CCCC1. The number of aromatic nitrogens is 3. The first-order valence-corrected chi connectivity index (χ1v) is 14.2. The van der Waals surface area contributed by atoms with Crippen molar-refractivity contribution in [2.24, 2.45) is 12.5 Å². The molecule has 4 rings (SSSR count). The lowest BCUT2D eigenvalue weighted by Gasteiger charge is -2.35. The molecule has 4 N–H and O–H groups in total. The number of hydrogen-bond donors (Lipinski definition) is 4. The summed E-state index contributed by atoms with van der Waals surface area (Å²) >= 11 is 0. The van der Waals surface area contributed by atoms with E-state index in [2.05, 4.69) is 32.2 Å². The van der Waals surface area contributed by atoms with E-state index in [9.17, 15) is 18.9 Å². The van der Waals surface area contributed by atoms with E-state index >= 15 is 0 Å². The number of carbonyl (C=O) groups excluding carboxylic acids is 1. The van der Waals surface area contributed by atoms with Crippen LogP contribution in [0.15, 0.2) is 28.0 Å². The first-order chi connectivity index (χ1) is 18.7. The third-order valence-electron chi connectivity index (χ3n) is 7.16. The summed E-state index contributed by atoms with van der Waals surface area (Å²) in [4.78, 5) is 61.7. The Morgan fingerprint density at radius 1 is 1.23 bits per heavy atom. The van der Waals surface area contributed by atoms with Gasteiger partial charge in [0.1, 0.15) is 11.4 Å². The molecule has 1 aliphatic carbocycles. The molecular weight excluding hydrogens is 543 g/mol. The first-order valence-electron chi connectivity index (χ1n) is 12.6. The van der Waals surface area contributed by atoms with Crippen molar-refractivity contribution >= 4 is 30.8 Å². The minimum atomic E-state index is -4.88. The number of phosphoric ester groups is 1. The van der Waals surface area contributed by atoms with Crippen LogP contribution in [-0.4, -0.2) is 56.2 Å². The van der Waals surface area contributed by atoms with Crippen LogP contribution in [0.25, 0.3) is 0 Å². The van der Waals surface area contributed by atoms with Crippen LogP contribution in [0, 0.1) is 12.3 Å². The number of phosphoric acid groups is 1. The number of rotatable bonds is 11. The van der Waals surface area contributed by atoms with Gasteiger partial charge in [0, 0.05) is 33.5 Å². The summed E-state index contributed by atoms with van der Waals surface area (Å²) in [7, 11) is -0.0792. The van der Waals surface area contributed by atoms with Crippen molar-refractivity contribution in [1.82, 2.24) is 19.7 Å². The quantitative estimate of drug-likeness (QED) is 0.149. The molecule has 1 aliphatic rings. The highest BCUT2D eigenvalue weighted by molar-refractivity contribution is 7.46. The van der Waals surface area contributed by atoms with Crippen LogP contribution in [0.4, 0.5) is 17.1 Å². The van der Waals surface area contributed by atoms with Gasteiger partial charge in [-0.25, -0.2) is 14.1 Å². The number of anilines is 3. The predicted octanol–water partition coefficient (Wildman–Crippen LogP) is 2.34. The van der Waals surface area contributed by atoms with Gasteiger partial charge >= 0.3 is 7.82 Å². The molecule has 0 spiro atoms. The minimum absolute atomic E-state index is 0.0413. The number of amides is 1. The fourth-order valence-corrected chi connectivity index (χ4v) is 5.28. The second-order valence-electron chi connectivity index (χ2n) is 10.5. The van der Waals surface area contributed by atoms with Gasteiger partial charge in [-0.3, -0.25) is 19.1 Å². The van der Waals surface area contributed by atoms with Crippen molar-refractivity contribution < 1.29 is 28.4 Å². The number of ether oxygens (including phenoxy) is 1. The average Bonchev–Trinajstić information content (AvgIpc) is 3.47. The Kier molecular flexibility index (Phi) is 8.18. The van der Waals surface area contributed by atoms with Crippen LogP contribution in [0.3, 0.4) is 0 Å². The van der Waals surface area contributed by atoms with Crippen molar-refractivity contribution in [3.05, 3.63) is 55.9 Å². The van der Waals surface area contributed by atoms with E-state index in [0.717, 1.165) is 36.9 Å². The molecule has 2 heterocycles. The number of carbonyl (C=O) groups is 1. The van der Waals surface area contributed by atoms with Gasteiger partial charge < -0.3 is 30.1 Å². The van der Waals surface area contributed by atoms with E-state index in [-0.39, 0.29) is 40.0 Å². The average molecular weight is 577 g/mol. The largest absolute Gasteiger partial charge is 0.472 e. The van der Waals surface area contributed by atoms with E-state index in [4.69, 9.17) is 14.5 Å². The molecule has 0 bridgehead atoms. The van der Waals surface area contributed by atoms with E-state index in [1.54, 1.807) is 4.68 Å². The lowest BCUT2D eigenvalue weighted by atomic mass is 9.78. The maximum atomic E-state index is 12.8. The molecule has 0 aliphatic heterocycles. The molecule has 1 atom stereocenters. The molecule has 216 valence electrons. The maximum absolute atomic E-state index is 12.8. The Morgan fingerprint density at radius 3 is 2.45 bits per heavy atom. The van der Waals surface area contributed by atoms with Gasteiger partial charge in [-0.15, -0.1) is 0 Å². The molecule has 3 aromatic rings. The molecule has 1 saturated carbocycles. The first kappa shape index (κ1) is 29.4. The van der Waals surface area contributed by atoms with Crippen molar-refractivity contribution in [3.63, 3.8) is 0 Å². The normalized spacial score (nSPS) is 15.7. The molecule has 1 unspecified atom stereocenters. The zero-order chi connectivity index (χ0) is 29.4. The Balaban J connectivity index is 1.72. The van der Waals surface area contributed by atoms with Crippen molar-refractivity contribution in [3.8, 4) is 5.75 Å². The zero-order valence-corrected chi connectivity index (χ0v) is 23.8. The van der Waals surface area contributed by atoms with E-state index in [1.807, 2.05) is 20.2 Å². The number of nitrogens with one attached hydrogen (secondary N) is 2. The topological polar surface area (TPSA) is 185 Å². The van der Waals surface area contributed by atoms with Crippen molar-refractivity contribution in [1.29, 1.82) is 0 Å². The Bertz CT molecular complexity index is 1530. The van der Waals surface area contributed by atoms with Crippen LogP contribution in [-0.2, 0) is 16.1 Å². The molecule has 0 saturated heterocycles. The molecule has 2 aromatic heterocycles. The molecule has 40 heavy (non-hydrogen) atoms. The van der Waals surface area contributed by atoms with Gasteiger partial charge in [-0.2, -0.15) is 5.10 Å². The predicted molar refractivity (Wildman–Crippen MR) is 146 cm³/mol. The smallest absolute Gasteiger partial charge is 0.462 e. The molecular formula is C25H33N6O8P. The van der Waals surface area contributed by atoms with Gasteiger partial charge in [0.05, 0.1) is 17.4 Å². The van der Waals surface area contributed by atoms with E-state index in [0.29, 0.717) is 0 Å². The molecule has 14 nitrogen and oxygen atoms in total. The molecule has 1 fully saturated rings. The highest BCUT2D eigenvalue weighted by Crippen LogP contribution is 2.49. The third kappa shape index (κ3) is 5.94. The minimum Gasteiger partial charge on any atom is -0.462 e. The summed E-state index contributed by atoms with van der Waals surface area (Å²) in [5.41, 5.74) is -0.0514. The Morgan fingerprint density at radius 2 is 1.88 bits per heavy atom. The Labute approximate surface area is 230 Å². The summed E-state index contributed by atoms with van der Waals surface area (Å²) < 4.78 is 22.7. The van der Waals surface area contributed by atoms with Gasteiger partial charge in [0.25, 0.3) is 16.8 Å². The van der Waals surface area contributed by atoms with Gasteiger partial charge in [0.15, 0.2) is 11.4 Å². The summed E-state index contributed by atoms with van der Waals surface area (Å²) in [6.07, 6.45) is 7.10. The molecule has 1 aromatic carbocycles. The molecule has 1 amide bonds. The molecule has 15 heteroatoms. The third-order valence-corrected chi connectivity index (χ3v) is 7.60. The van der Waals surface area contributed by atoms with Crippen LogP contribution in [0.2, 0.25) is 0 Å². The van der Waals surface area contributed by atoms with Crippen LogP contribution >= 0.6 is 7.82 Å². The second kappa shape index (κ2) is 11.1. The standard InChI is InChI=1S/C25H33N6O8P/c1-14-12-31(5)29-16(14)23(25(2)9-6-7-10-25)28-18-17(20(32)21(18)33)27-15-8-11-26-19(24(34)30(3)4)22(15)38-13-39-40(35,36)37/h8,11-12,23,28H,6-7,9-10,13H2,1-5H3,(H,26,27)(H2,35,36,37). The fourth-order valence-electron chi connectivity index (χ4n) is 5.09. The number of hydrogen-bond acceptors (Lipinski definition) is 10. The lowest BCUT2D eigenvalue weighted by Crippen LogP contribution is -2.40. The second-order valence-corrected chi connectivity index (χ2v) is 11.7. The van der Waals surface area contributed by atoms with Crippen LogP contribution < -0.4 is 26.2 Å². The highest BCUT2D eigenvalue weighted by atomic mass is 31.2. The summed E-state index contributed by atoms with van der Waals surface area (Å²) in [6.45, 7) is 3.17. The van der Waals surface area contributed by atoms with Gasteiger partial charge in [-0.1, -0.05) is 19.8 Å². The lowest BCUT2D eigenvalue weighted by molar-refractivity contribution is 0.0757. The van der Waals surface area contributed by atoms with Crippen LogP contribution in [0.1, 0.15) is 60.4 Å². The highest BCUT2D eigenvalue weighted by Gasteiger charge is 2.41. The molecule has 0 radical (unpaired) electrons. The van der Waals surface area contributed by atoms with E-state index in [1.165, 1.54) is 31.3 Å². The summed E-state index contributed by atoms with van der Waals surface area (Å²) in [5.74, 6) is -0.786. The van der Waals surface area contributed by atoms with E-state index < -0.39 is 31.4 Å². The van der Waals surface area contributed by atoms with Gasteiger partial charge in [-0.05, 0) is 36.8 Å². The number of aryl methyl sites for hydroxylation is 2. The van der Waals surface area contributed by atoms with Crippen LogP contribution in [0.5, 0.6) is 5.75 Å². The van der Waals surface area contributed by atoms with Gasteiger partial charge in [0.2, 0.25) is 6.79 Å². The fraction of sp³-hybridized carbons (Fsp3) is 0.480. The van der Waals surface area contributed by atoms with Crippen molar-refractivity contribution in [2.45, 2.75) is 45.6 Å². The monoisotopic (exact) mass is 576 g/mol. The zero-order valence-electron chi connectivity index (χ0n) is 22.9. The number of pyridine rings is 1. The Hall–Kier alpha value is -3.58. The number of nitrogens with zero attached hydrogens (tertiary/aromatic N) is 4. The van der Waals surface area contributed by atoms with Crippen molar-refractivity contribution in [2.75, 3.05) is 31.5 Å². The summed E-state index contributed by atoms with van der Waals surface area (Å²) in [5, 5.41) is 10.8.